The average Bonchev–Trinajstić information content (AvgIpc) is 3.35. The molecule has 0 radical (unpaired) electrons. The second-order valence-electron chi connectivity index (χ2n) is 10.4. The summed E-state index contributed by atoms with van der Waals surface area (Å²) in [5.74, 6) is 1.24. The van der Waals surface area contributed by atoms with E-state index in [2.05, 4.69) is 23.2 Å². The van der Waals surface area contributed by atoms with Crippen molar-refractivity contribution in [2.24, 2.45) is 0 Å². The van der Waals surface area contributed by atoms with Gasteiger partial charge in [0.1, 0.15) is 30.1 Å². The molecular formula is C32H33N3O4. The number of piperazine rings is 1. The number of carbonyl (C=O) groups excluding carboxylic acids is 2. The third kappa shape index (κ3) is 4.32. The number of para-hydroxylation sites is 1. The molecule has 0 saturated carbocycles. The summed E-state index contributed by atoms with van der Waals surface area (Å²) in [6.45, 7) is 2.11. The van der Waals surface area contributed by atoms with Crippen LogP contribution < -0.4 is 9.47 Å². The van der Waals surface area contributed by atoms with Gasteiger partial charge < -0.3 is 24.3 Å². The van der Waals surface area contributed by atoms with Gasteiger partial charge in [-0.15, -0.1) is 0 Å². The molecule has 2 aliphatic heterocycles. The zero-order valence-corrected chi connectivity index (χ0v) is 22.5. The maximum Gasteiger partial charge on any atom is 0.246 e. The highest BCUT2D eigenvalue weighted by molar-refractivity contribution is 5.98. The molecule has 3 atom stereocenters. The summed E-state index contributed by atoms with van der Waals surface area (Å²) >= 11 is 0. The molecule has 2 aliphatic rings. The minimum Gasteiger partial charge on any atom is -0.497 e. The van der Waals surface area contributed by atoms with Crippen molar-refractivity contribution in [2.45, 2.75) is 44.3 Å². The van der Waals surface area contributed by atoms with Gasteiger partial charge in [0.05, 0.1) is 14.2 Å². The molecule has 39 heavy (non-hydrogen) atoms. The Morgan fingerprint density at radius 1 is 0.974 bits per heavy atom. The van der Waals surface area contributed by atoms with Crippen LogP contribution in [0.5, 0.6) is 11.5 Å². The molecule has 3 aromatic carbocycles. The minimum absolute atomic E-state index is 0.00189. The maximum atomic E-state index is 14.1. The Labute approximate surface area is 228 Å². The number of H-pyrrole nitrogens is 1. The fourth-order valence-corrected chi connectivity index (χ4v) is 6.21. The Balaban J connectivity index is 1.41. The molecule has 0 unspecified atom stereocenters. The van der Waals surface area contributed by atoms with Gasteiger partial charge >= 0.3 is 0 Å². The highest BCUT2D eigenvalue weighted by atomic mass is 16.5. The molecular weight excluding hydrogens is 490 g/mol. The van der Waals surface area contributed by atoms with Crippen molar-refractivity contribution in [3.05, 3.63) is 95.2 Å². The molecule has 0 spiro atoms. The van der Waals surface area contributed by atoms with Crippen LogP contribution in [0.2, 0.25) is 0 Å². The first-order valence-electron chi connectivity index (χ1n) is 13.5. The van der Waals surface area contributed by atoms with Crippen molar-refractivity contribution in [3.63, 3.8) is 0 Å². The molecule has 3 heterocycles. The molecule has 200 valence electrons. The van der Waals surface area contributed by atoms with Gasteiger partial charge in [0.15, 0.2) is 0 Å². The molecule has 6 rings (SSSR count). The second-order valence-corrected chi connectivity index (χ2v) is 10.4. The van der Waals surface area contributed by atoms with Crippen molar-refractivity contribution >= 4 is 22.7 Å². The fraction of sp³-hybridized carbons (Fsp3) is 0.312. The molecule has 1 N–H and O–H groups in total. The number of methoxy groups -OCH3 is 2. The van der Waals surface area contributed by atoms with Crippen LogP contribution in [0, 0.1) is 0 Å². The topological polar surface area (TPSA) is 74.9 Å². The normalized spacial score (nSPS) is 19.6. The van der Waals surface area contributed by atoms with Crippen LogP contribution in [0.1, 0.15) is 41.8 Å². The van der Waals surface area contributed by atoms with Gasteiger partial charge in [0, 0.05) is 34.6 Å². The second kappa shape index (κ2) is 10.1. The quantitative estimate of drug-likeness (QED) is 0.374. The largest absolute Gasteiger partial charge is 0.497 e. The highest BCUT2D eigenvalue weighted by Gasteiger charge is 2.49. The number of hydrogen-bond donors (Lipinski definition) is 1. The number of benzene rings is 3. The van der Waals surface area contributed by atoms with Crippen LogP contribution in [-0.2, 0) is 22.4 Å². The molecule has 7 heteroatoms. The van der Waals surface area contributed by atoms with E-state index in [1.54, 1.807) is 24.0 Å². The summed E-state index contributed by atoms with van der Waals surface area (Å²) < 4.78 is 11.3. The lowest BCUT2D eigenvalue weighted by Crippen LogP contribution is -2.64. The van der Waals surface area contributed by atoms with Crippen molar-refractivity contribution in [2.75, 3.05) is 20.8 Å². The number of carbonyl (C=O) groups is 2. The monoisotopic (exact) mass is 523 g/mol. The van der Waals surface area contributed by atoms with E-state index in [9.17, 15) is 9.59 Å². The number of nitrogens with zero attached hydrogens (tertiary/aromatic N) is 2. The number of hydrogen-bond acceptors (Lipinski definition) is 4. The third-order valence-electron chi connectivity index (χ3n) is 8.25. The van der Waals surface area contributed by atoms with E-state index in [0.717, 1.165) is 40.6 Å². The summed E-state index contributed by atoms with van der Waals surface area (Å²) in [5.41, 5.74) is 5.00. The van der Waals surface area contributed by atoms with Gasteiger partial charge in [-0.25, -0.2) is 0 Å². The van der Waals surface area contributed by atoms with E-state index in [0.29, 0.717) is 17.9 Å². The Bertz CT molecular complexity index is 1530. The Morgan fingerprint density at radius 3 is 2.51 bits per heavy atom. The molecule has 4 aromatic rings. The van der Waals surface area contributed by atoms with Crippen molar-refractivity contribution < 1.29 is 19.1 Å². The fourth-order valence-electron chi connectivity index (χ4n) is 6.21. The number of aromatic nitrogens is 1. The lowest BCUT2D eigenvalue weighted by atomic mass is 9.85. The van der Waals surface area contributed by atoms with Gasteiger partial charge in [0.2, 0.25) is 11.8 Å². The summed E-state index contributed by atoms with van der Waals surface area (Å²) in [5, 5.41) is 1.08. The Kier molecular flexibility index (Phi) is 6.51. The predicted molar refractivity (Wildman–Crippen MR) is 150 cm³/mol. The smallest absolute Gasteiger partial charge is 0.246 e. The highest BCUT2D eigenvalue weighted by Crippen LogP contribution is 2.46. The SMILES string of the molecule is COc1ccc(OC)c([C@H]2c3[nH]c4ccccc4c3C[C@H]3C(=O)N([C@H](C)CCc4ccccc4)CC(=O)N23)c1. The summed E-state index contributed by atoms with van der Waals surface area (Å²) in [6.07, 6.45) is 2.11. The Morgan fingerprint density at radius 2 is 1.74 bits per heavy atom. The zero-order valence-electron chi connectivity index (χ0n) is 22.5. The molecule has 1 saturated heterocycles. The van der Waals surface area contributed by atoms with Gasteiger partial charge in [-0.3, -0.25) is 9.59 Å². The zero-order chi connectivity index (χ0) is 27.1. The van der Waals surface area contributed by atoms with E-state index >= 15 is 0 Å². The standard InChI is InChI=1S/C32H33N3O4/c1-20(13-14-21-9-5-4-6-10-21)34-19-29(36)35-27(32(34)37)18-24-23-11-7-8-12-26(23)33-30(24)31(35)25-17-22(38-2)15-16-28(25)39-3/h4-12,15-17,20,27,31,33H,13-14,18-19H2,1-3H3/t20-,27+,31+/m1/s1. The van der Waals surface area contributed by atoms with E-state index < -0.39 is 12.1 Å². The minimum atomic E-state index is -0.599. The summed E-state index contributed by atoms with van der Waals surface area (Å²) in [7, 11) is 3.24. The van der Waals surface area contributed by atoms with Crippen molar-refractivity contribution in [3.8, 4) is 11.5 Å². The lowest BCUT2D eigenvalue weighted by Gasteiger charge is -2.48. The molecule has 0 bridgehead atoms. The van der Waals surface area contributed by atoms with Gasteiger partial charge in [-0.2, -0.15) is 0 Å². The lowest BCUT2D eigenvalue weighted by molar-refractivity contribution is -0.160. The van der Waals surface area contributed by atoms with Crippen LogP contribution in [0.15, 0.2) is 72.8 Å². The van der Waals surface area contributed by atoms with Gasteiger partial charge in [-0.1, -0.05) is 48.5 Å². The van der Waals surface area contributed by atoms with E-state index in [-0.39, 0.29) is 24.4 Å². The number of nitrogens with one attached hydrogen (secondary N) is 1. The first kappa shape index (κ1) is 25.0. The number of fused-ring (bicyclic) bond motifs is 4. The molecule has 2 amide bonds. The number of aromatic amines is 1. The average molecular weight is 524 g/mol. The van der Waals surface area contributed by atoms with Crippen LogP contribution in [0.25, 0.3) is 10.9 Å². The van der Waals surface area contributed by atoms with Crippen molar-refractivity contribution in [1.82, 2.24) is 14.8 Å². The first-order valence-corrected chi connectivity index (χ1v) is 13.5. The van der Waals surface area contributed by atoms with Crippen LogP contribution >= 0.6 is 0 Å². The van der Waals surface area contributed by atoms with E-state index in [4.69, 9.17) is 9.47 Å². The Hall–Kier alpha value is -4.26. The molecule has 1 fully saturated rings. The van der Waals surface area contributed by atoms with E-state index in [1.807, 2.05) is 61.5 Å². The number of rotatable bonds is 7. The van der Waals surface area contributed by atoms with E-state index in [1.165, 1.54) is 5.56 Å². The molecule has 7 nitrogen and oxygen atoms in total. The number of aryl methyl sites for hydroxylation is 1. The predicted octanol–water partition coefficient (Wildman–Crippen LogP) is 4.89. The number of ether oxygens (including phenoxy) is 2. The van der Waals surface area contributed by atoms with Gasteiger partial charge in [-0.05, 0) is 55.2 Å². The maximum absolute atomic E-state index is 14.1. The van der Waals surface area contributed by atoms with Crippen LogP contribution in [-0.4, -0.2) is 59.4 Å². The molecule has 1 aromatic heterocycles. The summed E-state index contributed by atoms with van der Waals surface area (Å²) in [4.78, 5) is 35.3. The molecule has 0 aliphatic carbocycles. The van der Waals surface area contributed by atoms with Crippen LogP contribution in [0.3, 0.4) is 0 Å². The van der Waals surface area contributed by atoms with Crippen molar-refractivity contribution in [1.29, 1.82) is 0 Å². The number of amides is 2. The van der Waals surface area contributed by atoms with Gasteiger partial charge in [0.25, 0.3) is 0 Å². The van der Waals surface area contributed by atoms with Crippen LogP contribution in [0.4, 0.5) is 0 Å². The third-order valence-corrected chi connectivity index (χ3v) is 8.25. The summed E-state index contributed by atoms with van der Waals surface area (Å²) in [6, 6.07) is 22.8. The first-order chi connectivity index (χ1) is 19.0.